The number of carbonyl (C=O) groups is 2. The zero-order chi connectivity index (χ0) is 10.5. The molecule has 0 aliphatic carbocycles. The molecule has 0 radical (unpaired) electrons. The smallest absolute Gasteiger partial charge is 0.224 e. The van der Waals surface area contributed by atoms with Gasteiger partial charge in [0.15, 0.2) is 0 Å². The van der Waals surface area contributed by atoms with E-state index >= 15 is 0 Å². The predicted octanol–water partition coefficient (Wildman–Crippen LogP) is -1.04. The minimum Gasteiger partial charge on any atom is -0.370 e. The highest BCUT2D eigenvalue weighted by Gasteiger charge is 2.23. The summed E-state index contributed by atoms with van der Waals surface area (Å²) in [5.74, 6) is -0.719. The lowest BCUT2D eigenvalue weighted by atomic mass is 9.93. The molecule has 0 aromatic heterocycles. The normalized spacial score (nSPS) is 11.2. The van der Waals surface area contributed by atoms with E-state index in [0.29, 0.717) is 13.1 Å². The molecule has 0 fully saturated rings. The minimum absolute atomic E-state index is 0.273. The first-order chi connectivity index (χ1) is 5.86. The van der Waals surface area contributed by atoms with Gasteiger partial charge in [0.25, 0.3) is 0 Å². The van der Waals surface area contributed by atoms with E-state index in [1.165, 1.54) is 0 Å². The van der Waals surface area contributed by atoms with Crippen LogP contribution in [0.2, 0.25) is 0 Å². The molecule has 0 unspecified atom stereocenters. The zero-order valence-corrected chi connectivity index (χ0v) is 8.09. The number of hydrogen-bond donors (Lipinski definition) is 3. The fraction of sp³-hybridized carbons (Fsp3) is 0.750. The molecule has 5 nitrogen and oxygen atoms in total. The number of primary amides is 2. The van der Waals surface area contributed by atoms with Crippen LogP contribution in [0.15, 0.2) is 0 Å². The van der Waals surface area contributed by atoms with E-state index in [1.54, 1.807) is 13.8 Å². The van der Waals surface area contributed by atoms with Crippen molar-refractivity contribution in [3.63, 3.8) is 0 Å². The zero-order valence-electron chi connectivity index (χ0n) is 8.09. The van der Waals surface area contributed by atoms with Gasteiger partial charge >= 0.3 is 0 Å². The third kappa shape index (κ3) is 5.19. The SMILES string of the molecule is CC(C)(CNCCC(N)=O)C(N)=O. The molecule has 0 aliphatic heterocycles. The molecule has 76 valence electrons. The van der Waals surface area contributed by atoms with Crippen molar-refractivity contribution < 1.29 is 9.59 Å². The molecule has 13 heavy (non-hydrogen) atoms. The lowest BCUT2D eigenvalue weighted by molar-refractivity contribution is -0.125. The topological polar surface area (TPSA) is 98.2 Å². The summed E-state index contributed by atoms with van der Waals surface area (Å²) in [6.07, 6.45) is 0.273. The summed E-state index contributed by atoms with van der Waals surface area (Å²) < 4.78 is 0. The number of rotatable bonds is 6. The summed E-state index contributed by atoms with van der Waals surface area (Å²) in [7, 11) is 0. The van der Waals surface area contributed by atoms with Crippen molar-refractivity contribution in [2.45, 2.75) is 20.3 Å². The molecule has 0 rings (SSSR count). The van der Waals surface area contributed by atoms with E-state index in [9.17, 15) is 9.59 Å². The molecule has 5 heteroatoms. The molecule has 0 spiro atoms. The van der Waals surface area contributed by atoms with Gasteiger partial charge in [-0.05, 0) is 13.8 Å². The molecule has 0 aliphatic rings. The first-order valence-electron chi connectivity index (χ1n) is 4.15. The average molecular weight is 187 g/mol. The van der Waals surface area contributed by atoms with Crippen molar-refractivity contribution in [1.82, 2.24) is 5.32 Å². The van der Waals surface area contributed by atoms with Crippen LogP contribution < -0.4 is 16.8 Å². The van der Waals surface area contributed by atoms with E-state index in [-0.39, 0.29) is 18.2 Å². The van der Waals surface area contributed by atoms with Crippen LogP contribution in [-0.2, 0) is 9.59 Å². The number of carbonyl (C=O) groups excluding carboxylic acids is 2. The molecular formula is C8H17N3O2. The number of hydrogen-bond acceptors (Lipinski definition) is 3. The van der Waals surface area contributed by atoms with Gasteiger partial charge in [-0.25, -0.2) is 0 Å². The van der Waals surface area contributed by atoms with Gasteiger partial charge in [-0.15, -0.1) is 0 Å². The van der Waals surface area contributed by atoms with Crippen molar-refractivity contribution in [1.29, 1.82) is 0 Å². The van der Waals surface area contributed by atoms with Gasteiger partial charge in [0, 0.05) is 19.5 Å². The Hall–Kier alpha value is -1.10. The molecular weight excluding hydrogens is 170 g/mol. The first-order valence-corrected chi connectivity index (χ1v) is 4.15. The molecule has 0 bridgehead atoms. The van der Waals surface area contributed by atoms with Crippen molar-refractivity contribution in [3.8, 4) is 0 Å². The van der Waals surface area contributed by atoms with E-state index < -0.39 is 5.41 Å². The maximum Gasteiger partial charge on any atom is 0.224 e. The van der Waals surface area contributed by atoms with Crippen molar-refractivity contribution in [2.24, 2.45) is 16.9 Å². The lowest BCUT2D eigenvalue weighted by Gasteiger charge is -2.20. The Kier molecular flexibility index (Phi) is 4.40. The highest BCUT2D eigenvalue weighted by Crippen LogP contribution is 2.11. The summed E-state index contributed by atoms with van der Waals surface area (Å²) in [4.78, 5) is 21.2. The third-order valence-electron chi connectivity index (χ3n) is 1.78. The minimum atomic E-state index is -0.586. The van der Waals surface area contributed by atoms with E-state index in [2.05, 4.69) is 5.32 Å². The van der Waals surface area contributed by atoms with Crippen LogP contribution in [0.4, 0.5) is 0 Å². The lowest BCUT2D eigenvalue weighted by Crippen LogP contribution is -2.41. The van der Waals surface area contributed by atoms with Crippen LogP contribution in [0, 0.1) is 5.41 Å². The Morgan fingerprint density at radius 2 is 1.85 bits per heavy atom. The van der Waals surface area contributed by atoms with Crippen LogP contribution in [-0.4, -0.2) is 24.9 Å². The Balaban J connectivity index is 3.64. The monoisotopic (exact) mass is 187 g/mol. The molecule has 5 N–H and O–H groups in total. The van der Waals surface area contributed by atoms with Gasteiger partial charge in [0.05, 0.1) is 5.41 Å². The third-order valence-corrected chi connectivity index (χ3v) is 1.78. The molecule has 0 atom stereocenters. The Labute approximate surface area is 77.8 Å². The fourth-order valence-electron chi connectivity index (χ4n) is 0.700. The maximum atomic E-state index is 10.8. The van der Waals surface area contributed by atoms with Gasteiger partial charge in [-0.1, -0.05) is 0 Å². The Morgan fingerprint density at radius 3 is 2.23 bits per heavy atom. The van der Waals surface area contributed by atoms with E-state index in [4.69, 9.17) is 11.5 Å². The standard InChI is InChI=1S/C8H17N3O2/c1-8(2,7(10)13)5-11-4-3-6(9)12/h11H,3-5H2,1-2H3,(H2,9,12)(H2,10,13). The summed E-state index contributed by atoms with van der Waals surface area (Å²) in [6.45, 7) is 4.42. The van der Waals surface area contributed by atoms with E-state index in [1.807, 2.05) is 0 Å². The van der Waals surface area contributed by atoms with Gasteiger partial charge in [-0.3, -0.25) is 9.59 Å². The van der Waals surface area contributed by atoms with Crippen molar-refractivity contribution >= 4 is 11.8 Å². The van der Waals surface area contributed by atoms with Crippen molar-refractivity contribution in [2.75, 3.05) is 13.1 Å². The molecule has 0 saturated heterocycles. The second-order valence-corrected chi connectivity index (χ2v) is 3.64. The van der Waals surface area contributed by atoms with Crippen LogP contribution in [0.1, 0.15) is 20.3 Å². The van der Waals surface area contributed by atoms with Crippen molar-refractivity contribution in [3.05, 3.63) is 0 Å². The average Bonchev–Trinajstić information content (AvgIpc) is 1.97. The maximum absolute atomic E-state index is 10.8. The quantitative estimate of drug-likeness (QED) is 0.463. The number of nitrogens with one attached hydrogen (secondary N) is 1. The second kappa shape index (κ2) is 4.81. The molecule has 2 amide bonds. The highest BCUT2D eigenvalue weighted by molar-refractivity contribution is 5.80. The van der Waals surface area contributed by atoms with Gasteiger partial charge in [-0.2, -0.15) is 0 Å². The van der Waals surface area contributed by atoms with Gasteiger partial charge < -0.3 is 16.8 Å². The Morgan fingerprint density at radius 1 is 1.31 bits per heavy atom. The van der Waals surface area contributed by atoms with Crippen LogP contribution >= 0.6 is 0 Å². The van der Waals surface area contributed by atoms with Crippen LogP contribution in [0.5, 0.6) is 0 Å². The summed E-state index contributed by atoms with van der Waals surface area (Å²) >= 11 is 0. The molecule has 0 heterocycles. The number of amides is 2. The summed E-state index contributed by atoms with van der Waals surface area (Å²) in [6, 6.07) is 0. The first kappa shape index (κ1) is 11.9. The van der Waals surface area contributed by atoms with E-state index in [0.717, 1.165) is 0 Å². The molecule has 0 saturated carbocycles. The fourth-order valence-corrected chi connectivity index (χ4v) is 0.700. The van der Waals surface area contributed by atoms with Gasteiger partial charge in [0.2, 0.25) is 11.8 Å². The molecule has 0 aromatic rings. The second-order valence-electron chi connectivity index (χ2n) is 3.64. The Bertz CT molecular complexity index is 202. The van der Waals surface area contributed by atoms with Gasteiger partial charge in [0.1, 0.15) is 0 Å². The largest absolute Gasteiger partial charge is 0.370 e. The molecule has 0 aromatic carbocycles. The number of nitrogens with two attached hydrogens (primary N) is 2. The van der Waals surface area contributed by atoms with Crippen LogP contribution in [0.3, 0.4) is 0 Å². The van der Waals surface area contributed by atoms with Crippen LogP contribution in [0.25, 0.3) is 0 Å². The predicted molar refractivity (Wildman–Crippen MR) is 49.7 cm³/mol. The highest BCUT2D eigenvalue weighted by atomic mass is 16.1. The summed E-state index contributed by atoms with van der Waals surface area (Å²) in [5, 5.41) is 2.94. The summed E-state index contributed by atoms with van der Waals surface area (Å²) in [5.41, 5.74) is 9.49.